The first-order valence-corrected chi connectivity index (χ1v) is 27.2. The highest BCUT2D eigenvalue weighted by Gasteiger charge is 2.45. The molecule has 4 aliphatic heterocycles. The number of rotatable bonds is 15. The molecule has 0 N–H and O–H groups in total. The van der Waals surface area contributed by atoms with Crippen LogP contribution < -0.4 is 9.80 Å². The van der Waals surface area contributed by atoms with E-state index in [-0.39, 0.29) is 40.0 Å². The van der Waals surface area contributed by atoms with Crippen molar-refractivity contribution in [1.82, 2.24) is 29.1 Å². The van der Waals surface area contributed by atoms with Crippen molar-refractivity contribution in [1.29, 1.82) is 0 Å². The number of halogens is 5. The number of alkyl halides is 3. The van der Waals surface area contributed by atoms with Gasteiger partial charge in [0, 0.05) is 104 Å². The Hall–Kier alpha value is -2.39. The highest BCUT2D eigenvalue weighted by atomic mass is 79.9. The second-order valence-corrected chi connectivity index (χ2v) is 24.3. The van der Waals surface area contributed by atoms with Crippen LogP contribution in [-0.2, 0) is 24.2 Å². The van der Waals surface area contributed by atoms with Crippen molar-refractivity contribution in [3.63, 3.8) is 0 Å². The zero-order chi connectivity index (χ0) is 47.1. The Bertz CT molecular complexity index is 1940. The van der Waals surface area contributed by atoms with Crippen LogP contribution in [0.2, 0.25) is 0 Å². The smallest absolute Gasteiger partial charge is 0.410 e. The molecule has 14 nitrogen and oxygen atoms in total. The monoisotopic (exact) mass is 1110 g/mol. The summed E-state index contributed by atoms with van der Waals surface area (Å²) in [6.07, 6.45) is 11.8. The Morgan fingerprint density at radius 1 is 0.647 bits per heavy atom. The molecule has 2 saturated carbocycles. The highest BCUT2D eigenvalue weighted by Crippen LogP contribution is 2.49. The highest BCUT2D eigenvalue weighted by molar-refractivity contribution is 9.10. The molecule has 2 aliphatic carbocycles. The third kappa shape index (κ3) is 17.4. The normalized spacial score (nSPS) is 24.6. The molecule has 0 radical (unpaired) electrons. The van der Waals surface area contributed by atoms with E-state index in [1.165, 1.54) is 30.0 Å². The van der Waals surface area contributed by atoms with E-state index in [1.807, 2.05) is 38.1 Å². The van der Waals surface area contributed by atoms with Crippen molar-refractivity contribution in [3.8, 4) is 0 Å². The molecule has 2 aromatic rings. The molecule has 68 heavy (non-hydrogen) atoms. The molecule has 386 valence electrons. The van der Waals surface area contributed by atoms with Gasteiger partial charge in [-0.05, 0) is 164 Å². The number of amides is 1. The molecule has 6 aliphatic rings. The van der Waals surface area contributed by atoms with Gasteiger partial charge in [-0.25, -0.2) is 37.5 Å². The van der Waals surface area contributed by atoms with Crippen LogP contribution in [0.25, 0.3) is 0 Å². The van der Waals surface area contributed by atoms with E-state index in [0.29, 0.717) is 43.1 Å². The van der Waals surface area contributed by atoms with Crippen LogP contribution in [-0.4, -0.2) is 140 Å². The third-order valence-corrected chi connectivity index (χ3v) is 17.0. The summed E-state index contributed by atoms with van der Waals surface area (Å²) in [4.78, 5) is 36.2. The van der Waals surface area contributed by atoms with E-state index in [2.05, 4.69) is 61.6 Å². The van der Waals surface area contributed by atoms with E-state index in [0.717, 1.165) is 123 Å². The van der Waals surface area contributed by atoms with Crippen molar-refractivity contribution in [2.45, 2.75) is 118 Å². The standard InChI is InChI=1S/C24H37BrN4O3.C22H32BrF3N4O3S.2CH4/c1-24(2,3)32-23(30)29-8-4-17(5-9-29)15-31-16-19-12-21(19)18-6-10-28(11-7-18)22-26-13-20(25)14-27-22;23-19-12-27-21(28-13-19)29-6-3-17(4-7-29)20-11-18(20)15-33-14-16-1-8-30(9-2-16)34(31,32)10-5-22(24,25)26;;/h13-14,17-19,21H,4-12,15-16H2,1-3H3;12-13,16-18,20H,1-11,14-15H2;2*1H4/t19-,21+;18-,20+;;/m00../s1. The van der Waals surface area contributed by atoms with E-state index in [9.17, 15) is 26.4 Å². The number of hydrogen-bond donors (Lipinski definition) is 0. The molecule has 20 heteroatoms. The summed E-state index contributed by atoms with van der Waals surface area (Å²) < 4.78 is 82.0. The largest absolute Gasteiger partial charge is 0.444 e. The number of likely N-dealkylation sites (tertiary alicyclic amines) is 1. The molecule has 0 spiro atoms. The molecular formula is C48H77Br2F3N8O6S. The van der Waals surface area contributed by atoms with Gasteiger partial charge in [0.15, 0.2) is 0 Å². The second kappa shape index (κ2) is 25.3. The molecule has 8 rings (SSSR count). The van der Waals surface area contributed by atoms with Crippen LogP contribution in [0.1, 0.15) is 106 Å². The Balaban J connectivity index is 0.000000247. The number of nitrogens with zero attached hydrogens (tertiary/aromatic N) is 8. The van der Waals surface area contributed by atoms with Crippen molar-refractivity contribution in [2.75, 3.05) is 94.3 Å². The number of hydrogen-bond acceptors (Lipinski definition) is 12. The van der Waals surface area contributed by atoms with Gasteiger partial charge in [-0.2, -0.15) is 13.2 Å². The Morgan fingerprint density at radius 3 is 1.43 bits per heavy atom. The quantitative estimate of drug-likeness (QED) is 0.168. The molecule has 6 fully saturated rings. The fraction of sp³-hybridized carbons (Fsp3) is 0.812. The van der Waals surface area contributed by atoms with E-state index in [1.54, 1.807) is 12.4 Å². The minimum atomic E-state index is -4.45. The molecule has 2 aromatic heterocycles. The molecule has 4 saturated heterocycles. The van der Waals surface area contributed by atoms with Gasteiger partial charge in [-0.15, -0.1) is 0 Å². The topological polar surface area (TPSA) is 143 Å². The van der Waals surface area contributed by atoms with Crippen molar-refractivity contribution in [3.05, 3.63) is 33.7 Å². The number of carbonyl (C=O) groups excluding carboxylic acids is 1. The summed E-state index contributed by atoms with van der Waals surface area (Å²) in [5.41, 5.74) is -0.429. The van der Waals surface area contributed by atoms with Gasteiger partial charge < -0.3 is 28.9 Å². The maximum atomic E-state index is 12.4. The first-order chi connectivity index (χ1) is 31.4. The molecule has 6 heterocycles. The van der Waals surface area contributed by atoms with E-state index < -0.39 is 34.0 Å². The zero-order valence-electron chi connectivity index (χ0n) is 38.7. The molecule has 0 bridgehead atoms. The SMILES string of the molecule is C.C.CC(C)(C)OC(=O)N1CCC(COC[C@@H]2C[C@@H]2C2CCN(c3ncc(Br)cn3)CC2)CC1.O=S(=O)(CCC(F)(F)F)N1CCC(COC[C@@H]2C[C@@H]2C2CCN(c3ncc(Br)cn3)CC2)CC1. The maximum absolute atomic E-state index is 12.4. The lowest BCUT2D eigenvalue weighted by Crippen LogP contribution is -2.42. The van der Waals surface area contributed by atoms with Crippen LogP contribution in [0.15, 0.2) is 33.7 Å². The number of aromatic nitrogens is 4. The molecule has 0 unspecified atom stereocenters. The molecule has 4 atom stereocenters. The van der Waals surface area contributed by atoms with E-state index >= 15 is 0 Å². The number of ether oxygens (including phenoxy) is 3. The lowest BCUT2D eigenvalue weighted by atomic mass is 9.91. The van der Waals surface area contributed by atoms with Gasteiger partial charge in [0.25, 0.3) is 0 Å². The summed E-state index contributed by atoms with van der Waals surface area (Å²) in [5.74, 6) is 6.00. The predicted molar refractivity (Wildman–Crippen MR) is 267 cm³/mol. The fourth-order valence-corrected chi connectivity index (χ4v) is 12.1. The van der Waals surface area contributed by atoms with Crippen molar-refractivity contribution in [2.24, 2.45) is 47.3 Å². The fourth-order valence-electron chi connectivity index (χ4n) is 10.2. The van der Waals surface area contributed by atoms with Gasteiger partial charge in [-0.3, -0.25) is 0 Å². The Kier molecular flexibility index (Phi) is 21.0. The minimum Gasteiger partial charge on any atom is -0.444 e. The van der Waals surface area contributed by atoms with Crippen LogP contribution >= 0.6 is 31.9 Å². The second-order valence-electron chi connectivity index (χ2n) is 20.4. The summed E-state index contributed by atoms with van der Waals surface area (Å²) >= 11 is 6.77. The van der Waals surface area contributed by atoms with Crippen molar-refractivity contribution >= 4 is 59.9 Å². The number of sulfonamides is 1. The maximum Gasteiger partial charge on any atom is 0.410 e. The van der Waals surface area contributed by atoms with Gasteiger partial charge in [0.05, 0.1) is 21.1 Å². The van der Waals surface area contributed by atoms with Crippen LogP contribution in [0.4, 0.5) is 29.9 Å². The molecular weight excluding hydrogens is 1030 g/mol. The minimum absolute atomic E-state index is 0. The Labute approximate surface area is 420 Å². The predicted octanol–water partition coefficient (Wildman–Crippen LogP) is 10.1. The summed E-state index contributed by atoms with van der Waals surface area (Å²) in [5, 5.41) is 0. The van der Waals surface area contributed by atoms with Gasteiger partial charge in [0.2, 0.25) is 21.9 Å². The first kappa shape index (κ1) is 56.5. The van der Waals surface area contributed by atoms with Crippen molar-refractivity contribution < 1.29 is 40.6 Å². The van der Waals surface area contributed by atoms with E-state index in [4.69, 9.17) is 14.2 Å². The van der Waals surface area contributed by atoms with Crippen LogP contribution in [0.5, 0.6) is 0 Å². The summed E-state index contributed by atoms with van der Waals surface area (Å²) in [7, 11) is -3.85. The summed E-state index contributed by atoms with van der Waals surface area (Å²) in [6.45, 7) is 14.9. The van der Waals surface area contributed by atoms with Crippen LogP contribution in [0.3, 0.4) is 0 Å². The lowest BCUT2D eigenvalue weighted by Gasteiger charge is -2.33. The Morgan fingerprint density at radius 2 is 1.04 bits per heavy atom. The number of piperidine rings is 4. The molecule has 1 amide bonds. The zero-order valence-corrected chi connectivity index (χ0v) is 42.7. The lowest BCUT2D eigenvalue weighted by molar-refractivity contribution is -0.130. The third-order valence-electron chi connectivity index (χ3n) is 14.3. The van der Waals surface area contributed by atoms with Gasteiger partial charge >= 0.3 is 12.3 Å². The number of anilines is 2. The van der Waals surface area contributed by atoms with Gasteiger partial charge in [0.1, 0.15) is 5.60 Å². The van der Waals surface area contributed by atoms with Gasteiger partial charge in [-0.1, -0.05) is 14.9 Å². The first-order valence-electron chi connectivity index (χ1n) is 24.0. The summed E-state index contributed by atoms with van der Waals surface area (Å²) in [6, 6.07) is 0. The van der Waals surface area contributed by atoms with Crippen LogP contribution in [0, 0.1) is 47.3 Å². The average Bonchev–Trinajstić information content (AvgIpc) is 4.23. The molecule has 0 aromatic carbocycles. The number of carbonyl (C=O) groups is 1. The average molecular weight is 1110 g/mol.